The van der Waals surface area contributed by atoms with E-state index in [9.17, 15) is 9.59 Å². The number of rotatable bonds is 1. The smallest absolute Gasteiger partial charge is 0.407 e. The van der Waals surface area contributed by atoms with E-state index < -0.39 is 0 Å². The van der Waals surface area contributed by atoms with Gasteiger partial charge in [-0.15, -0.1) is 0 Å². The molecule has 2 heterocycles. The first-order valence-electron chi connectivity index (χ1n) is 6.03. The van der Waals surface area contributed by atoms with Crippen LogP contribution in [0.4, 0.5) is 4.79 Å². The number of carbonyl (C=O) groups is 2. The molecule has 2 fully saturated rings. The lowest BCUT2D eigenvalue weighted by atomic mass is 10.2. The molecular formula is C12H17N3O3. The summed E-state index contributed by atoms with van der Waals surface area (Å²) in [6.45, 7) is 0. The van der Waals surface area contributed by atoms with Crippen LogP contribution in [0.2, 0.25) is 0 Å². The van der Waals surface area contributed by atoms with Gasteiger partial charge < -0.3 is 20.4 Å². The molecule has 0 radical (unpaired) electrons. The Morgan fingerprint density at radius 1 is 1.50 bits per heavy atom. The van der Waals surface area contributed by atoms with Crippen LogP contribution in [0.5, 0.6) is 0 Å². The number of fused-ring (bicyclic) bond motifs is 1. The van der Waals surface area contributed by atoms with E-state index >= 15 is 0 Å². The summed E-state index contributed by atoms with van der Waals surface area (Å²) < 4.78 is 4.94. The van der Waals surface area contributed by atoms with Crippen molar-refractivity contribution >= 4 is 12.0 Å². The van der Waals surface area contributed by atoms with E-state index in [1.54, 1.807) is 25.4 Å². The van der Waals surface area contributed by atoms with Crippen molar-refractivity contribution < 1.29 is 14.3 Å². The monoisotopic (exact) mass is 251 g/mol. The second-order valence-electron chi connectivity index (χ2n) is 4.29. The van der Waals surface area contributed by atoms with Gasteiger partial charge in [0.1, 0.15) is 11.8 Å². The largest absolute Gasteiger partial charge is 0.444 e. The highest BCUT2D eigenvalue weighted by Crippen LogP contribution is 2.25. The third kappa shape index (κ3) is 2.82. The second kappa shape index (κ2) is 5.57. The van der Waals surface area contributed by atoms with E-state index in [0.717, 1.165) is 12.8 Å². The Morgan fingerprint density at radius 3 is 2.94 bits per heavy atom. The fourth-order valence-corrected chi connectivity index (χ4v) is 2.16. The molecule has 2 aliphatic rings. The van der Waals surface area contributed by atoms with E-state index in [1.165, 1.54) is 6.42 Å². The Labute approximate surface area is 105 Å². The first-order chi connectivity index (χ1) is 8.70. The zero-order valence-corrected chi connectivity index (χ0v) is 10.2. The second-order valence-corrected chi connectivity index (χ2v) is 4.29. The van der Waals surface area contributed by atoms with E-state index in [-0.39, 0.29) is 18.1 Å². The molecule has 1 aliphatic carbocycles. The molecule has 3 N–H and O–H groups in total. The number of amides is 2. The first-order valence-corrected chi connectivity index (χ1v) is 6.03. The third-order valence-corrected chi connectivity index (χ3v) is 3.08. The minimum absolute atomic E-state index is 0.0833. The van der Waals surface area contributed by atoms with Crippen LogP contribution in [0.3, 0.4) is 0 Å². The number of nitrogens with one attached hydrogen (secondary N) is 3. The van der Waals surface area contributed by atoms with Gasteiger partial charge in [-0.2, -0.15) is 0 Å². The van der Waals surface area contributed by atoms with Crippen molar-refractivity contribution in [2.45, 2.75) is 31.4 Å². The lowest BCUT2D eigenvalue weighted by molar-refractivity contribution is 0.0958. The lowest BCUT2D eigenvalue weighted by Crippen LogP contribution is -2.26. The fourth-order valence-electron chi connectivity index (χ4n) is 2.16. The maximum Gasteiger partial charge on any atom is 0.407 e. The molecule has 0 aromatic carbocycles. The molecule has 1 aromatic rings. The van der Waals surface area contributed by atoms with Crippen LogP contribution in [-0.2, 0) is 4.74 Å². The highest BCUT2D eigenvalue weighted by Gasteiger charge is 2.37. The third-order valence-electron chi connectivity index (χ3n) is 3.08. The standard InChI is InChI=1S/C6H8N2O.C6H9NO2/c1-7-6(9)5-3-2-4-8-5;8-6-7-4-2-1-3-5(4)9-6/h2-4,8H,1H3,(H,7,9);4-5H,1-3H2,(H,7,8)/t;4-,5+/m.0/s1. The summed E-state index contributed by atoms with van der Waals surface area (Å²) in [4.78, 5) is 24.0. The molecular weight excluding hydrogens is 234 g/mol. The maximum absolute atomic E-state index is 10.7. The topological polar surface area (TPSA) is 83.2 Å². The van der Waals surface area contributed by atoms with Gasteiger partial charge in [0.25, 0.3) is 5.91 Å². The zero-order chi connectivity index (χ0) is 13.0. The number of hydrogen-bond donors (Lipinski definition) is 3. The molecule has 6 nitrogen and oxygen atoms in total. The van der Waals surface area contributed by atoms with Gasteiger partial charge >= 0.3 is 6.09 Å². The van der Waals surface area contributed by atoms with Gasteiger partial charge in [-0.25, -0.2) is 4.79 Å². The van der Waals surface area contributed by atoms with Crippen molar-refractivity contribution in [3.8, 4) is 0 Å². The van der Waals surface area contributed by atoms with Crippen LogP contribution >= 0.6 is 0 Å². The number of alkyl carbamates (subject to hydrolysis) is 1. The normalized spacial score (nSPS) is 24.4. The number of ether oxygens (including phenoxy) is 1. The summed E-state index contributed by atoms with van der Waals surface area (Å²) in [6, 6.07) is 3.83. The SMILES string of the molecule is CNC(=O)c1ccc[nH]1.O=C1N[C@H]2CCC[C@H]2O1. The Morgan fingerprint density at radius 2 is 2.33 bits per heavy atom. The van der Waals surface area contributed by atoms with Gasteiger partial charge in [-0.05, 0) is 31.4 Å². The van der Waals surface area contributed by atoms with Gasteiger partial charge in [0.05, 0.1) is 6.04 Å². The number of aromatic nitrogens is 1. The van der Waals surface area contributed by atoms with Crippen LogP contribution in [0.1, 0.15) is 29.8 Å². The number of H-pyrrole nitrogens is 1. The van der Waals surface area contributed by atoms with Crippen LogP contribution in [0, 0.1) is 0 Å². The quantitative estimate of drug-likeness (QED) is 0.697. The predicted molar refractivity (Wildman–Crippen MR) is 65.2 cm³/mol. The van der Waals surface area contributed by atoms with E-state index in [0.29, 0.717) is 11.7 Å². The van der Waals surface area contributed by atoms with Crippen molar-refractivity contribution in [3.05, 3.63) is 24.0 Å². The van der Waals surface area contributed by atoms with E-state index in [1.807, 2.05) is 0 Å². The van der Waals surface area contributed by atoms with Gasteiger partial charge in [0.2, 0.25) is 0 Å². The predicted octanol–water partition coefficient (Wildman–Crippen LogP) is 1.02. The minimum Gasteiger partial charge on any atom is -0.444 e. The van der Waals surface area contributed by atoms with Crippen LogP contribution in [0.25, 0.3) is 0 Å². The highest BCUT2D eigenvalue weighted by molar-refractivity contribution is 5.92. The minimum atomic E-state index is -0.232. The molecule has 2 amide bonds. The van der Waals surface area contributed by atoms with Crippen LogP contribution in [-0.4, -0.2) is 36.2 Å². The summed E-state index contributed by atoms with van der Waals surface area (Å²) in [5, 5.41) is 5.25. The molecule has 2 atom stereocenters. The molecule has 6 heteroatoms. The summed E-state index contributed by atoms with van der Waals surface area (Å²) >= 11 is 0. The van der Waals surface area contributed by atoms with E-state index in [4.69, 9.17) is 4.74 Å². The zero-order valence-electron chi connectivity index (χ0n) is 10.2. The first kappa shape index (κ1) is 12.5. The lowest BCUT2D eigenvalue weighted by Gasteiger charge is -2.02. The average Bonchev–Trinajstić information content (AvgIpc) is 3.03. The Kier molecular flexibility index (Phi) is 3.86. The van der Waals surface area contributed by atoms with Gasteiger partial charge in [-0.1, -0.05) is 0 Å². The maximum atomic E-state index is 10.7. The molecule has 1 aromatic heterocycles. The number of hydrogen-bond acceptors (Lipinski definition) is 3. The summed E-state index contributed by atoms with van der Waals surface area (Å²) in [5.41, 5.74) is 0.595. The molecule has 3 rings (SSSR count). The van der Waals surface area contributed by atoms with Crippen molar-refractivity contribution in [2.24, 2.45) is 0 Å². The number of carbonyl (C=O) groups excluding carboxylic acids is 2. The van der Waals surface area contributed by atoms with E-state index in [2.05, 4.69) is 15.6 Å². The van der Waals surface area contributed by atoms with Gasteiger partial charge in [0.15, 0.2) is 0 Å². The molecule has 98 valence electrons. The van der Waals surface area contributed by atoms with Crippen molar-refractivity contribution in [1.82, 2.24) is 15.6 Å². The summed E-state index contributed by atoms with van der Waals surface area (Å²) in [5.74, 6) is -0.0833. The fraction of sp³-hybridized carbons (Fsp3) is 0.500. The molecule has 0 bridgehead atoms. The Hall–Kier alpha value is -1.98. The van der Waals surface area contributed by atoms with Crippen molar-refractivity contribution in [2.75, 3.05) is 7.05 Å². The average molecular weight is 251 g/mol. The number of aromatic amines is 1. The Bertz CT molecular complexity index is 402. The molecule has 1 saturated carbocycles. The molecule has 1 saturated heterocycles. The van der Waals surface area contributed by atoms with Gasteiger partial charge in [0, 0.05) is 13.2 Å². The van der Waals surface area contributed by atoms with Gasteiger partial charge in [-0.3, -0.25) is 4.79 Å². The molecule has 0 unspecified atom stereocenters. The summed E-state index contributed by atoms with van der Waals surface area (Å²) in [7, 11) is 1.60. The van der Waals surface area contributed by atoms with Crippen molar-refractivity contribution in [3.63, 3.8) is 0 Å². The van der Waals surface area contributed by atoms with Crippen molar-refractivity contribution in [1.29, 1.82) is 0 Å². The molecule has 1 aliphatic heterocycles. The highest BCUT2D eigenvalue weighted by atomic mass is 16.6. The molecule has 0 spiro atoms. The summed E-state index contributed by atoms with van der Waals surface area (Å²) in [6.07, 6.45) is 5.00. The van der Waals surface area contributed by atoms with Crippen LogP contribution < -0.4 is 10.6 Å². The van der Waals surface area contributed by atoms with Crippen LogP contribution in [0.15, 0.2) is 18.3 Å². The molecule has 18 heavy (non-hydrogen) atoms. The Balaban J connectivity index is 0.000000134.